The molecule has 0 atom stereocenters. The Hall–Kier alpha value is -1.58. The Labute approximate surface area is 126 Å². The van der Waals surface area contributed by atoms with Crippen LogP contribution in [-0.4, -0.2) is 18.0 Å². The highest BCUT2D eigenvalue weighted by atomic mass is 19.1. The van der Waals surface area contributed by atoms with Crippen molar-refractivity contribution in [2.75, 3.05) is 6.54 Å². The van der Waals surface area contributed by atoms with Gasteiger partial charge in [-0.25, -0.2) is 4.39 Å². The number of halogens is 1. The van der Waals surface area contributed by atoms with Gasteiger partial charge in [0.15, 0.2) is 5.96 Å². The van der Waals surface area contributed by atoms with Gasteiger partial charge in [-0.3, -0.25) is 4.99 Å². The van der Waals surface area contributed by atoms with Crippen molar-refractivity contribution >= 4 is 5.96 Å². The van der Waals surface area contributed by atoms with E-state index in [0.717, 1.165) is 12.8 Å². The molecular formula is C17H26FN3. The zero-order chi connectivity index (χ0) is 15.5. The van der Waals surface area contributed by atoms with Crippen LogP contribution in [-0.2, 0) is 5.41 Å². The monoisotopic (exact) mass is 291 g/mol. The van der Waals surface area contributed by atoms with Gasteiger partial charge in [0.1, 0.15) is 5.82 Å². The lowest BCUT2D eigenvalue weighted by Gasteiger charge is -2.29. The second kappa shape index (κ2) is 6.04. The highest BCUT2D eigenvalue weighted by molar-refractivity contribution is 5.78. The number of benzene rings is 1. The van der Waals surface area contributed by atoms with Gasteiger partial charge < -0.3 is 11.1 Å². The van der Waals surface area contributed by atoms with Gasteiger partial charge in [-0.05, 0) is 51.3 Å². The number of hydrogen-bond acceptors (Lipinski definition) is 1. The molecule has 0 spiro atoms. The maximum Gasteiger partial charge on any atom is 0.189 e. The van der Waals surface area contributed by atoms with Gasteiger partial charge in [-0.15, -0.1) is 0 Å². The molecule has 0 heterocycles. The molecule has 1 aromatic carbocycles. The van der Waals surface area contributed by atoms with Crippen LogP contribution in [0.4, 0.5) is 4.39 Å². The third-order valence-corrected chi connectivity index (χ3v) is 4.07. The quantitative estimate of drug-likeness (QED) is 0.663. The number of rotatable bonds is 3. The summed E-state index contributed by atoms with van der Waals surface area (Å²) in [5.74, 6) is 0.292. The average molecular weight is 291 g/mol. The first-order chi connectivity index (χ1) is 9.81. The fourth-order valence-electron chi connectivity index (χ4n) is 3.05. The van der Waals surface area contributed by atoms with Crippen LogP contribution in [0.3, 0.4) is 0 Å². The number of hydrogen-bond donors (Lipinski definition) is 2. The van der Waals surface area contributed by atoms with Gasteiger partial charge in [0, 0.05) is 11.0 Å². The molecule has 0 aromatic heterocycles. The fraction of sp³-hybridized carbons (Fsp3) is 0.588. The molecule has 1 fully saturated rings. The van der Waals surface area contributed by atoms with E-state index in [0.29, 0.717) is 12.5 Å². The minimum atomic E-state index is -0.190. The fourth-order valence-corrected chi connectivity index (χ4v) is 3.05. The van der Waals surface area contributed by atoms with Crippen LogP contribution in [0, 0.1) is 5.82 Å². The summed E-state index contributed by atoms with van der Waals surface area (Å²) in [7, 11) is 0. The second-order valence-corrected chi connectivity index (χ2v) is 7.07. The zero-order valence-electron chi connectivity index (χ0n) is 13.2. The lowest BCUT2D eigenvalue weighted by molar-refractivity contribution is 0.448. The first-order valence-electron chi connectivity index (χ1n) is 7.65. The number of nitrogens with zero attached hydrogens (tertiary/aromatic N) is 1. The van der Waals surface area contributed by atoms with Crippen LogP contribution in [0.2, 0.25) is 0 Å². The van der Waals surface area contributed by atoms with Crippen LogP contribution in [0.15, 0.2) is 29.3 Å². The molecule has 1 aliphatic rings. The summed E-state index contributed by atoms with van der Waals surface area (Å²) >= 11 is 0. The molecule has 0 amide bonds. The molecule has 0 bridgehead atoms. The van der Waals surface area contributed by atoms with E-state index in [1.165, 1.54) is 30.5 Å². The van der Waals surface area contributed by atoms with E-state index in [-0.39, 0.29) is 16.8 Å². The van der Waals surface area contributed by atoms with Gasteiger partial charge in [-0.2, -0.15) is 0 Å². The first-order valence-corrected chi connectivity index (χ1v) is 7.65. The van der Waals surface area contributed by atoms with E-state index in [1.807, 2.05) is 12.1 Å². The predicted molar refractivity (Wildman–Crippen MR) is 85.9 cm³/mol. The van der Waals surface area contributed by atoms with E-state index < -0.39 is 0 Å². The predicted octanol–water partition coefficient (Wildman–Crippen LogP) is 3.34. The Kier molecular flexibility index (Phi) is 4.55. The molecule has 3 nitrogen and oxygen atoms in total. The molecule has 0 saturated heterocycles. The lowest BCUT2D eigenvalue weighted by atomic mass is 9.79. The topological polar surface area (TPSA) is 50.4 Å². The van der Waals surface area contributed by atoms with Gasteiger partial charge in [0.05, 0.1) is 6.54 Å². The van der Waals surface area contributed by atoms with E-state index in [2.05, 4.69) is 31.1 Å². The second-order valence-electron chi connectivity index (χ2n) is 7.07. The standard InChI is InChI=1S/C17H26FN3/c1-16(2,3)21-15(19)20-12-17(10-4-5-11-17)13-6-8-14(18)9-7-13/h6-9H,4-5,10-12H2,1-3H3,(H3,19,20,21). The van der Waals surface area contributed by atoms with E-state index in [9.17, 15) is 4.39 Å². The largest absolute Gasteiger partial charge is 0.370 e. The van der Waals surface area contributed by atoms with E-state index in [4.69, 9.17) is 5.73 Å². The third kappa shape index (κ3) is 4.19. The summed E-state index contributed by atoms with van der Waals surface area (Å²) in [4.78, 5) is 4.55. The van der Waals surface area contributed by atoms with Crippen molar-refractivity contribution in [2.24, 2.45) is 10.7 Å². The Morgan fingerprint density at radius 3 is 2.33 bits per heavy atom. The van der Waals surface area contributed by atoms with Gasteiger partial charge in [0.2, 0.25) is 0 Å². The number of nitrogens with two attached hydrogens (primary N) is 1. The summed E-state index contributed by atoms with van der Waals surface area (Å²) in [6, 6.07) is 6.86. The summed E-state index contributed by atoms with van der Waals surface area (Å²) in [5, 5.41) is 3.19. The summed E-state index contributed by atoms with van der Waals surface area (Å²) in [6.45, 7) is 6.83. The number of nitrogens with one attached hydrogen (secondary N) is 1. The van der Waals surface area contributed by atoms with Crippen LogP contribution in [0.25, 0.3) is 0 Å². The van der Waals surface area contributed by atoms with Crippen molar-refractivity contribution in [3.63, 3.8) is 0 Å². The van der Waals surface area contributed by atoms with Crippen molar-refractivity contribution in [2.45, 2.75) is 57.4 Å². The highest BCUT2D eigenvalue weighted by Gasteiger charge is 2.35. The molecule has 116 valence electrons. The summed E-state index contributed by atoms with van der Waals surface area (Å²) < 4.78 is 13.1. The summed E-state index contributed by atoms with van der Waals surface area (Å²) in [5.41, 5.74) is 7.07. The normalized spacial score (nSPS) is 18.8. The van der Waals surface area contributed by atoms with Crippen molar-refractivity contribution in [1.29, 1.82) is 0 Å². The number of guanidine groups is 1. The summed E-state index contributed by atoms with van der Waals surface area (Å²) in [6.07, 6.45) is 4.56. The van der Waals surface area contributed by atoms with Crippen LogP contribution in [0.1, 0.15) is 52.0 Å². The Morgan fingerprint density at radius 2 is 1.81 bits per heavy atom. The van der Waals surface area contributed by atoms with Gasteiger partial charge in [0.25, 0.3) is 0 Å². The van der Waals surface area contributed by atoms with Gasteiger partial charge in [-0.1, -0.05) is 25.0 Å². The highest BCUT2D eigenvalue weighted by Crippen LogP contribution is 2.41. The van der Waals surface area contributed by atoms with Crippen molar-refractivity contribution < 1.29 is 4.39 Å². The SMILES string of the molecule is CC(C)(C)NC(N)=NCC1(c2ccc(F)cc2)CCCC1. The van der Waals surface area contributed by atoms with Crippen molar-refractivity contribution in [3.05, 3.63) is 35.6 Å². The van der Waals surface area contributed by atoms with Crippen LogP contribution >= 0.6 is 0 Å². The lowest BCUT2D eigenvalue weighted by Crippen LogP contribution is -2.45. The molecule has 4 heteroatoms. The van der Waals surface area contributed by atoms with E-state index in [1.54, 1.807) is 0 Å². The Morgan fingerprint density at radius 1 is 1.24 bits per heavy atom. The van der Waals surface area contributed by atoms with Crippen LogP contribution < -0.4 is 11.1 Å². The molecule has 1 saturated carbocycles. The molecule has 3 N–H and O–H groups in total. The number of aliphatic imine (C=N–C) groups is 1. The van der Waals surface area contributed by atoms with Crippen molar-refractivity contribution in [1.82, 2.24) is 5.32 Å². The minimum Gasteiger partial charge on any atom is -0.370 e. The smallest absolute Gasteiger partial charge is 0.189 e. The molecule has 21 heavy (non-hydrogen) atoms. The van der Waals surface area contributed by atoms with Gasteiger partial charge >= 0.3 is 0 Å². The third-order valence-electron chi connectivity index (χ3n) is 4.07. The molecule has 1 aliphatic carbocycles. The molecule has 0 radical (unpaired) electrons. The maximum atomic E-state index is 13.1. The maximum absolute atomic E-state index is 13.1. The molecule has 2 rings (SSSR count). The average Bonchev–Trinajstić information content (AvgIpc) is 2.85. The molecular weight excluding hydrogens is 265 g/mol. The zero-order valence-corrected chi connectivity index (χ0v) is 13.2. The molecule has 1 aromatic rings. The molecule has 0 aliphatic heterocycles. The van der Waals surface area contributed by atoms with Crippen LogP contribution in [0.5, 0.6) is 0 Å². The molecule has 0 unspecified atom stereocenters. The first kappa shape index (κ1) is 15.8. The van der Waals surface area contributed by atoms with Crippen molar-refractivity contribution in [3.8, 4) is 0 Å². The minimum absolute atomic E-state index is 0.0118. The van der Waals surface area contributed by atoms with E-state index >= 15 is 0 Å². The Bertz CT molecular complexity index is 494. The Balaban J connectivity index is 2.16.